The zero-order chi connectivity index (χ0) is 10.6. The summed E-state index contributed by atoms with van der Waals surface area (Å²) < 4.78 is 0. The fourth-order valence-electron chi connectivity index (χ4n) is 1.45. The van der Waals surface area contributed by atoms with E-state index in [2.05, 4.69) is 57.7 Å². The first kappa shape index (κ1) is 10.8. The maximum absolute atomic E-state index is 3.68. The molecule has 0 saturated carbocycles. The number of rotatable bonds is 2. The highest BCUT2D eigenvalue weighted by molar-refractivity contribution is 5.44. The summed E-state index contributed by atoms with van der Waals surface area (Å²) in [7, 11) is 0. The Morgan fingerprint density at radius 1 is 1.36 bits per heavy atom. The van der Waals surface area contributed by atoms with E-state index in [9.17, 15) is 0 Å². The van der Waals surface area contributed by atoms with Crippen molar-refractivity contribution in [1.82, 2.24) is 0 Å². The molecule has 0 spiro atoms. The van der Waals surface area contributed by atoms with E-state index in [1.807, 2.05) is 6.08 Å². The Balaban J connectivity index is 3.06. The molecule has 0 aromatic rings. The van der Waals surface area contributed by atoms with Gasteiger partial charge in [0.1, 0.15) is 0 Å². The first-order valence-electron chi connectivity index (χ1n) is 4.93. The van der Waals surface area contributed by atoms with E-state index in [1.165, 1.54) is 11.1 Å². The molecule has 1 aliphatic carbocycles. The molecule has 0 aromatic heterocycles. The molecule has 0 nitrogen and oxygen atoms in total. The third-order valence-electron chi connectivity index (χ3n) is 2.27. The van der Waals surface area contributed by atoms with E-state index in [-0.39, 0.29) is 5.41 Å². The lowest BCUT2D eigenvalue weighted by atomic mass is 9.90. The molecule has 1 aliphatic rings. The van der Waals surface area contributed by atoms with Gasteiger partial charge in [-0.3, -0.25) is 0 Å². The SMILES string of the molecule is C=C/C=C\C1=CC(C)(C)C=CC=C1C. The van der Waals surface area contributed by atoms with E-state index >= 15 is 0 Å². The summed E-state index contributed by atoms with van der Waals surface area (Å²) in [6.45, 7) is 10.2. The van der Waals surface area contributed by atoms with Crippen LogP contribution >= 0.6 is 0 Å². The number of hydrogen-bond acceptors (Lipinski definition) is 0. The Morgan fingerprint density at radius 3 is 2.71 bits per heavy atom. The van der Waals surface area contributed by atoms with Crippen molar-refractivity contribution in [2.75, 3.05) is 0 Å². The maximum Gasteiger partial charge on any atom is 0.00166 e. The predicted octanol–water partition coefficient (Wildman–Crippen LogP) is 4.20. The lowest BCUT2D eigenvalue weighted by Crippen LogP contribution is -2.02. The van der Waals surface area contributed by atoms with Gasteiger partial charge in [-0.15, -0.1) is 0 Å². The minimum Gasteiger partial charge on any atom is -0.0991 e. The summed E-state index contributed by atoms with van der Waals surface area (Å²) in [6, 6.07) is 0. The molecule has 0 N–H and O–H groups in total. The van der Waals surface area contributed by atoms with Crippen molar-refractivity contribution < 1.29 is 0 Å². The molecule has 0 atom stereocenters. The lowest BCUT2D eigenvalue weighted by Gasteiger charge is -2.15. The molecule has 0 aromatic carbocycles. The molecule has 0 unspecified atom stereocenters. The third-order valence-corrected chi connectivity index (χ3v) is 2.27. The standard InChI is InChI=1S/C14H18/c1-5-6-9-13-11-14(3,4)10-7-8-12(13)2/h5-11H,1H2,2-4H3/b9-6-. The van der Waals surface area contributed by atoms with E-state index in [4.69, 9.17) is 0 Å². The Morgan fingerprint density at radius 2 is 2.07 bits per heavy atom. The fourth-order valence-corrected chi connectivity index (χ4v) is 1.45. The highest BCUT2D eigenvalue weighted by Crippen LogP contribution is 2.27. The summed E-state index contributed by atoms with van der Waals surface area (Å²) in [5, 5.41) is 0. The summed E-state index contributed by atoms with van der Waals surface area (Å²) >= 11 is 0. The monoisotopic (exact) mass is 186 g/mol. The second-order valence-corrected chi connectivity index (χ2v) is 4.22. The van der Waals surface area contributed by atoms with E-state index in [0.29, 0.717) is 0 Å². The fraction of sp³-hybridized carbons (Fsp3) is 0.286. The van der Waals surface area contributed by atoms with Crippen LogP contribution in [0.1, 0.15) is 20.8 Å². The minimum absolute atomic E-state index is 0.134. The molecule has 0 bridgehead atoms. The average Bonchev–Trinajstić information content (AvgIpc) is 2.22. The highest BCUT2D eigenvalue weighted by Gasteiger charge is 2.13. The molecular formula is C14H18. The zero-order valence-corrected chi connectivity index (χ0v) is 9.25. The van der Waals surface area contributed by atoms with Crippen LogP contribution in [-0.2, 0) is 0 Å². The van der Waals surface area contributed by atoms with Gasteiger partial charge in [0.2, 0.25) is 0 Å². The van der Waals surface area contributed by atoms with Crippen LogP contribution in [0.5, 0.6) is 0 Å². The molecule has 0 amide bonds. The molecule has 74 valence electrons. The normalized spacial score (nSPS) is 20.2. The van der Waals surface area contributed by atoms with Crippen molar-refractivity contribution >= 4 is 0 Å². The van der Waals surface area contributed by atoms with Crippen LogP contribution in [-0.4, -0.2) is 0 Å². The predicted molar refractivity (Wildman–Crippen MR) is 64.1 cm³/mol. The van der Waals surface area contributed by atoms with Crippen LogP contribution in [0.3, 0.4) is 0 Å². The van der Waals surface area contributed by atoms with Crippen LogP contribution in [0.2, 0.25) is 0 Å². The number of hydrogen-bond donors (Lipinski definition) is 0. The van der Waals surface area contributed by atoms with E-state index in [0.717, 1.165) is 0 Å². The van der Waals surface area contributed by atoms with Crippen molar-refractivity contribution in [2.24, 2.45) is 5.41 Å². The molecule has 0 heterocycles. The molecular weight excluding hydrogens is 168 g/mol. The van der Waals surface area contributed by atoms with Gasteiger partial charge >= 0.3 is 0 Å². The Kier molecular flexibility index (Phi) is 3.29. The van der Waals surface area contributed by atoms with Crippen molar-refractivity contribution in [1.29, 1.82) is 0 Å². The lowest BCUT2D eigenvalue weighted by molar-refractivity contribution is 0.624. The van der Waals surface area contributed by atoms with Crippen LogP contribution in [0.4, 0.5) is 0 Å². The Labute approximate surface area is 87.0 Å². The first-order chi connectivity index (χ1) is 6.55. The van der Waals surface area contributed by atoms with Crippen LogP contribution in [0.25, 0.3) is 0 Å². The largest absolute Gasteiger partial charge is 0.0991 e. The second-order valence-electron chi connectivity index (χ2n) is 4.22. The summed E-state index contributed by atoms with van der Waals surface area (Å²) in [4.78, 5) is 0. The van der Waals surface area contributed by atoms with Gasteiger partial charge in [0.05, 0.1) is 0 Å². The average molecular weight is 186 g/mol. The summed E-state index contributed by atoms with van der Waals surface area (Å²) in [6.07, 6.45) is 14.7. The van der Waals surface area contributed by atoms with E-state index in [1.54, 1.807) is 6.08 Å². The molecule has 0 radical (unpaired) electrons. The maximum atomic E-state index is 3.68. The molecule has 0 heteroatoms. The molecule has 0 fully saturated rings. The van der Waals surface area contributed by atoms with Crippen molar-refractivity contribution in [3.63, 3.8) is 0 Å². The minimum atomic E-state index is 0.134. The number of allylic oxidation sites excluding steroid dienone is 9. The quantitative estimate of drug-likeness (QED) is 0.567. The van der Waals surface area contributed by atoms with Crippen molar-refractivity contribution in [2.45, 2.75) is 20.8 Å². The van der Waals surface area contributed by atoms with Crippen molar-refractivity contribution in [3.8, 4) is 0 Å². The van der Waals surface area contributed by atoms with Gasteiger partial charge in [-0.2, -0.15) is 0 Å². The van der Waals surface area contributed by atoms with Crippen LogP contribution in [0, 0.1) is 5.41 Å². The summed E-state index contributed by atoms with van der Waals surface area (Å²) in [5.74, 6) is 0. The van der Waals surface area contributed by atoms with Gasteiger partial charge in [-0.1, -0.05) is 63.0 Å². The first-order valence-corrected chi connectivity index (χ1v) is 4.93. The van der Waals surface area contributed by atoms with Crippen molar-refractivity contribution in [3.05, 3.63) is 60.3 Å². The second kappa shape index (κ2) is 4.28. The smallest absolute Gasteiger partial charge is 0.00166 e. The summed E-state index contributed by atoms with van der Waals surface area (Å²) in [5.41, 5.74) is 2.71. The van der Waals surface area contributed by atoms with Crippen LogP contribution < -0.4 is 0 Å². The molecule has 0 saturated heterocycles. The third kappa shape index (κ3) is 2.88. The highest BCUT2D eigenvalue weighted by atomic mass is 14.2. The van der Waals surface area contributed by atoms with Gasteiger partial charge in [-0.25, -0.2) is 0 Å². The molecule has 14 heavy (non-hydrogen) atoms. The van der Waals surface area contributed by atoms with Gasteiger partial charge in [0, 0.05) is 5.41 Å². The molecule has 0 aliphatic heterocycles. The van der Waals surface area contributed by atoms with Gasteiger partial charge in [0.15, 0.2) is 0 Å². The van der Waals surface area contributed by atoms with Gasteiger partial charge in [-0.05, 0) is 18.1 Å². The van der Waals surface area contributed by atoms with Crippen LogP contribution in [0.15, 0.2) is 60.3 Å². The Hall–Kier alpha value is -1.30. The van der Waals surface area contributed by atoms with Gasteiger partial charge in [0.25, 0.3) is 0 Å². The van der Waals surface area contributed by atoms with E-state index < -0.39 is 0 Å². The topological polar surface area (TPSA) is 0 Å². The zero-order valence-electron chi connectivity index (χ0n) is 9.25. The van der Waals surface area contributed by atoms with Gasteiger partial charge < -0.3 is 0 Å². The Bertz CT molecular complexity index is 333. The molecule has 1 rings (SSSR count).